The van der Waals surface area contributed by atoms with Crippen molar-refractivity contribution in [1.82, 2.24) is 15.1 Å². The molecular formula is C45H78N6. The Balaban J connectivity index is 0.00000103. The van der Waals surface area contributed by atoms with Gasteiger partial charge in [-0.1, -0.05) is 105 Å². The van der Waals surface area contributed by atoms with E-state index in [0.717, 1.165) is 77.7 Å². The van der Waals surface area contributed by atoms with Crippen LogP contribution in [0.5, 0.6) is 0 Å². The number of aryl methyl sites for hydroxylation is 1. The van der Waals surface area contributed by atoms with E-state index < -0.39 is 0 Å². The van der Waals surface area contributed by atoms with Crippen LogP contribution in [0.25, 0.3) is 6.08 Å². The van der Waals surface area contributed by atoms with E-state index in [1.165, 1.54) is 84.9 Å². The van der Waals surface area contributed by atoms with Crippen LogP contribution in [-0.4, -0.2) is 55.6 Å². The molecular weight excluding hydrogens is 625 g/mol. The number of rotatable bonds is 17. The SMILES string of the molecule is C.C=Cc1c(CN)cccc1CN1CCCNCCCN(Cc2cc(C)cc(NCCCCC(C)CC)c2)CCC1.CCC(C)CC(C#N)CC. The summed E-state index contributed by atoms with van der Waals surface area (Å²) in [6, 6.07) is 15.9. The highest BCUT2D eigenvalue weighted by Gasteiger charge is 2.14. The Labute approximate surface area is 315 Å². The summed E-state index contributed by atoms with van der Waals surface area (Å²) in [6.45, 7) is 27.7. The topological polar surface area (TPSA) is 80.3 Å². The lowest BCUT2D eigenvalue weighted by molar-refractivity contribution is 0.208. The monoisotopic (exact) mass is 703 g/mol. The van der Waals surface area contributed by atoms with Crippen LogP contribution in [-0.2, 0) is 19.6 Å². The van der Waals surface area contributed by atoms with Crippen molar-refractivity contribution in [2.24, 2.45) is 23.5 Å². The molecule has 4 N–H and O–H groups in total. The molecule has 0 bridgehead atoms. The van der Waals surface area contributed by atoms with Crippen molar-refractivity contribution in [1.29, 1.82) is 5.26 Å². The maximum Gasteiger partial charge on any atom is 0.0655 e. The van der Waals surface area contributed by atoms with Gasteiger partial charge in [0.15, 0.2) is 0 Å². The fourth-order valence-electron chi connectivity index (χ4n) is 6.85. The minimum absolute atomic E-state index is 0. The Hall–Kier alpha value is -2.69. The minimum atomic E-state index is 0. The van der Waals surface area contributed by atoms with E-state index in [4.69, 9.17) is 11.0 Å². The molecule has 6 heteroatoms. The molecule has 0 spiro atoms. The van der Waals surface area contributed by atoms with E-state index in [1.807, 2.05) is 6.08 Å². The molecule has 1 saturated heterocycles. The van der Waals surface area contributed by atoms with Gasteiger partial charge in [-0.3, -0.25) is 9.80 Å². The van der Waals surface area contributed by atoms with Gasteiger partial charge >= 0.3 is 0 Å². The van der Waals surface area contributed by atoms with E-state index in [2.05, 4.69) is 111 Å². The van der Waals surface area contributed by atoms with Crippen molar-refractivity contribution >= 4 is 11.8 Å². The van der Waals surface area contributed by atoms with E-state index in [-0.39, 0.29) is 13.3 Å². The molecule has 0 aliphatic carbocycles. The summed E-state index contributed by atoms with van der Waals surface area (Å²) in [5, 5.41) is 16.0. The van der Waals surface area contributed by atoms with Gasteiger partial charge in [-0.05, 0) is 137 Å². The lowest BCUT2D eigenvalue weighted by Crippen LogP contribution is -2.34. The highest BCUT2D eigenvalue weighted by molar-refractivity contribution is 5.56. The zero-order chi connectivity index (χ0) is 36.6. The van der Waals surface area contributed by atoms with Crippen molar-refractivity contribution in [3.8, 4) is 6.07 Å². The molecule has 0 amide bonds. The van der Waals surface area contributed by atoms with Crippen LogP contribution in [0, 0.1) is 36.0 Å². The molecule has 2 aromatic carbocycles. The fourth-order valence-corrected chi connectivity index (χ4v) is 6.85. The molecule has 1 aliphatic rings. The Morgan fingerprint density at radius 1 is 0.902 bits per heavy atom. The van der Waals surface area contributed by atoms with Gasteiger partial charge in [-0.25, -0.2) is 0 Å². The number of nitrogens with zero attached hydrogens (tertiary/aromatic N) is 3. The van der Waals surface area contributed by atoms with Gasteiger partial charge in [-0.15, -0.1) is 0 Å². The Kier molecular flexibility index (Phi) is 25.3. The van der Waals surface area contributed by atoms with Crippen molar-refractivity contribution < 1.29 is 0 Å². The molecule has 3 unspecified atom stereocenters. The maximum absolute atomic E-state index is 8.62. The van der Waals surface area contributed by atoms with Crippen LogP contribution in [0.4, 0.5) is 5.69 Å². The quantitative estimate of drug-likeness (QED) is 0.142. The number of nitrogens with two attached hydrogens (primary N) is 1. The van der Waals surface area contributed by atoms with Gasteiger partial charge in [0.25, 0.3) is 0 Å². The molecule has 0 saturated carbocycles. The number of nitrogens with one attached hydrogen (secondary N) is 2. The first-order chi connectivity index (χ1) is 24.3. The number of nitriles is 1. The molecule has 0 radical (unpaired) electrons. The second-order valence-electron chi connectivity index (χ2n) is 14.9. The molecule has 0 aromatic heterocycles. The van der Waals surface area contributed by atoms with E-state index in [0.29, 0.717) is 12.5 Å². The Bertz CT molecular complexity index is 1240. The van der Waals surface area contributed by atoms with Gasteiger partial charge in [0.2, 0.25) is 0 Å². The van der Waals surface area contributed by atoms with Crippen molar-refractivity contribution in [2.75, 3.05) is 51.1 Å². The van der Waals surface area contributed by atoms with Gasteiger partial charge < -0.3 is 16.4 Å². The number of hydrogen-bond donors (Lipinski definition) is 3. The van der Waals surface area contributed by atoms with Crippen LogP contribution < -0.4 is 16.4 Å². The Morgan fingerprint density at radius 3 is 2.16 bits per heavy atom. The molecule has 51 heavy (non-hydrogen) atoms. The molecule has 3 atom stereocenters. The second-order valence-corrected chi connectivity index (χ2v) is 14.9. The van der Waals surface area contributed by atoms with Crippen LogP contribution in [0.15, 0.2) is 43.0 Å². The van der Waals surface area contributed by atoms with Crippen LogP contribution >= 0.6 is 0 Å². The third kappa shape index (κ3) is 19.1. The highest BCUT2D eigenvalue weighted by Crippen LogP contribution is 2.21. The number of anilines is 1. The molecule has 1 aliphatic heterocycles. The lowest BCUT2D eigenvalue weighted by atomic mass is 9.93. The largest absolute Gasteiger partial charge is 0.385 e. The summed E-state index contributed by atoms with van der Waals surface area (Å²) in [4.78, 5) is 5.29. The molecule has 6 nitrogen and oxygen atoms in total. The normalized spacial score (nSPS) is 16.5. The highest BCUT2D eigenvalue weighted by atomic mass is 15.1. The summed E-state index contributed by atoms with van der Waals surface area (Å²) in [7, 11) is 0. The van der Waals surface area contributed by atoms with Crippen molar-refractivity contribution in [3.63, 3.8) is 0 Å². The lowest BCUT2D eigenvalue weighted by Gasteiger charge is -2.28. The van der Waals surface area contributed by atoms with Crippen molar-refractivity contribution in [3.05, 3.63) is 70.8 Å². The molecule has 1 heterocycles. The van der Waals surface area contributed by atoms with Gasteiger partial charge in [-0.2, -0.15) is 5.26 Å². The summed E-state index contributed by atoms with van der Waals surface area (Å²) in [5.41, 5.74) is 13.8. The fraction of sp³-hybridized carbons (Fsp3) is 0.667. The number of hydrogen-bond acceptors (Lipinski definition) is 6. The van der Waals surface area contributed by atoms with Crippen molar-refractivity contribution in [2.45, 2.75) is 133 Å². The number of unbranched alkanes of at least 4 members (excludes halogenated alkanes) is 1. The smallest absolute Gasteiger partial charge is 0.0655 e. The van der Waals surface area contributed by atoms with E-state index in [1.54, 1.807) is 0 Å². The first-order valence-corrected chi connectivity index (χ1v) is 20.1. The first kappa shape index (κ1) is 46.3. The molecule has 1 fully saturated rings. The zero-order valence-corrected chi connectivity index (χ0v) is 33.0. The van der Waals surface area contributed by atoms with Crippen LogP contribution in [0.1, 0.15) is 134 Å². The predicted octanol–water partition coefficient (Wildman–Crippen LogP) is 10.4. The molecule has 288 valence electrons. The van der Waals surface area contributed by atoms with E-state index >= 15 is 0 Å². The zero-order valence-electron chi connectivity index (χ0n) is 33.0. The average Bonchev–Trinajstić information content (AvgIpc) is 3.11. The predicted molar refractivity (Wildman–Crippen MR) is 225 cm³/mol. The minimum Gasteiger partial charge on any atom is -0.385 e. The van der Waals surface area contributed by atoms with Gasteiger partial charge in [0, 0.05) is 37.8 Å². The third-order valence-corrected chi connectivity index (χ3v) is 10.5. The maximum atomic E-state index is 8.62. The molecule has 2 aromatic rings. The standard InChI is InChI=1S/C35H57N5.C9H17N.CH4/c1-5-29(3)13-7-8-18-38-34-24-30(4)23-31(25-34)27-39-19-10-16-37-17-11-20-40(22-12-21-39)28-33-15-9-14-32(26-36)35(33)6-2;1-4-8(3)6-9(5-2)7-10;/h6,9,14-15,23-25,29,37-38H,2,5,7-8,10-13,16-22,26-28,36H2,1,3-4H3;8-9H,4-6H2,1-3H3;1H4. The second kappa shape index (κ2) is 27.9. The third-order valence-electron chi connectivity index (χ3n) is 10.5. The van der Waals surface area contributed by atoms with Crippen LogP contribution in [0.3, 0.4) is 0 Å². The Morgan fingerprint density at radius 2 is 1.55 bits per heavy atom. The summed E-state index contributed by atoms with van der Waals surface area (Å²) >= 11 is 0. The summed E-state index contributed by atoms with van der Waals surface area (Å²) in [5.74, 6) is 1.85. The summed E-state index contributed by atoms with van der Waals surface area (Å²) in [6.07, 6.45) is 14.0. The average molecular weight is 703 g/mol. The van der Waals surface area contributed by atoms with Gasteiger partial charge in [0.1, 0.15) is 0 Å². The first-order valence-electron chi connectivity index (χ1n) is 20.1. The summed E-state index contributed by atoms with van der Waals surface area (Å²) < 4.78 is 0. The van der Waals surface area contributed by atoms with Crippen LogP contribution in [0.2, 0.25) is 0 Å². The molecule has 3 rings (SSSR count). The number of benzene rings is 2. The van der Waals surface area contributed by atoms with Gasteiger partial charge in [0.05, 0.1) is 6.07 Å². The van der Waals surface area contributed by atoms with E-state index in [9.17, 15) is 0 Å².